The zero-order chi connectivity index (χ0) is 27.0. The van der Waals surface area contributed by atoms with Gasteiger partial charge in [0.25, 0.3) is 5.91 Å². The maximum absolute atomic E-state index is 15.2. The zero-order valence-electron chi connectivity index (χ0n) is 19.7. The molecular weight excluding hydrogens is 518 g/mol. The maximum Gasteiger partial charge on any atom is 0.389 e. The number of hydrogen-bond acceptors (Lipinski definition) is 7. The minimum Gasteiger partial charge on any atom is -0.493 e. The molecule has 4 rings (SSSR count). The van der Waals surface area contributed by atoms with Crippen molar-refractivity contribution in [3.8, 4) is 5.75 Å². The number of aromatic amines is 1. The van der Waals surface area contributed by atoms with Crippen LogP contribution in [0.5, 0.6) is 5.75 Å². The second kappa shape index (κ2) is 10.1. The first kappa shape index (κ1) is 26.5. The fourth-order valence-electron chi connectivity index (χ4n) is 4.10. The highest BCUT2D eigenvalue weighted by Gasteiger charge is 2.41. The van der Waals surface area contributed by atoms with Crippen molar-refractivity contribution < 1.29 is 32.2 Å². The summed E-state index contributed by atoms with van der Waals surface area (Å²) in [6, 6.07) is 7.26. The molecule has 2 atom stereocenters. The molecule has 198 valence electrons. The van der Waals surface area contributed by atoms with E-state index >= 15 is 4.39 Å². The number of alkyl halides is 3. The van der Waals surface area contributed by atoms with E-state index in [9.17, 15) is 27.9 Å². The van der Waals surface area contributed by atoms with Crippen molar-refractivity contribution in [2.24, 2.45) is 0 Å². The van der Waals surface area contributed by atoms with Crippen molar-refractivity contribution in [3.05, 3.63) is 62.0 Å². The molecule has 0 radical (unpaired) electrons. The molecule has 2 aromatic heterocycles. The third-order valence-electron chi connectivity index (χ3n) is 5.85. The van der Waals surface area contributed by atoms with Crippen LogP contribution in [-0.2, 0) is 10.3 Å². The molecule has 0 spiro atoms. The molecule has 0 saturated heterocycles. The number of aromatic nitrogens is 4. The van der Waals surface area contributed by atoms with E-state index in [4.69, 9.17) is 4.74 Å². The molecular formula is C23H23F4N5O4S. The molecule has 14 heteroatoms. The van der Waals surface area contributed by atoms with Crippen molar-refractivity contribution in [2.75, 3.05) is 6.61 Å². The lowest BCUT2D eigenvalue weighted by Gasteiger charge is -2.37. The first-order chi connectivity index (χ1) is 17.4. The molecule has 1 unspecified atom stereocenters. The van der Waals surface area contributed by atoms with Gasteiger partial charge >= 0.3 is 11.9 Å². The topological polar surface area (TPSA) is 122 Å². The SMILES string of the molecule is CC(O)c1ccc(C2=C(n3nn[nH]c3=O)C(=O)N[C@](C)(c3ccc(OCCCC(F)(F)F)cc3F)C2)s1. The van der Waals surface area contributed by atoms with Gasteiger partial charge in [-0.2, -0.15) is 17.9 Å². The van der Waals surface area contributed by atoms with Crippen LogP contribution in [-0.4, -0.2) is 44.0 Å². The molecule has 0 bridgehead atoms. The predicted octanol–water partition coefficient (Wildman–Crippen LogP) is 3.75. The standard InChI is InChI=1S/C23H23F4N5O4S/c1-12(33)17-6-7-18(37-17)14-11-22(2,28-20(34)19(14)32-21(35)29-30-31-32)15-5-4-13(10-16(15)24)36-9-3-8-23(25,26)27/h4-7,10,12,33H,3,8-9,11H2,1-2H3,(H,28,34)(H,29,31,35)/t12?,22-/m0/s1. The summed E-state index contributed by atoms with van der Waals surface area (Å²) in [6.45, 7) is 2.96. The van der Waals surface area contributed by atoms with Gasteiger partial charge in [0.1, 0.15) is 17.3 Å². The van der Waals surface area contributed by atoms with Gasteiger partial charge in [-0.05, 0) is 48.9 Å². The summed E-state index contributed by atoms with van der Waals surface area (Å²) in [7, 11) is 0. The highest BCUT2D eigenvalue weighted by atomic mass is 32.1. The Morgan fingerprint density at radius 3 is 2.62 bits per heavy atom. The van der Waals surface area contributed by atoms with Gasteiger partial charge in [0.2, 0.25) is 0 Å². The second-order valence-electron chi connectivity index (χ2n) is 8.80. The average Bonchev–Trinajstić information content (AvgIpc) is 3.45. The van der Waals surface area contributed by atoms with Crippen molar-refractivity contribution >= 4 is 28.5 Å². The van der Waals surface area contributed by atoms with Gasteiger partial charge in [0.15, 0.2) is 0 Å². The van der Waals surface area contributed by atoms with E-state index in [1.54, 1.807) is 26.0 Å². The smallest absolute Gasteiger partial charge is 0.389 e. The number of rotatable bonds is 8. The summed E-state index contributed by atoms with van der Waals surface area (Å²) in [5, 5.41) is 22.0. The van der Waals surface area contributed by atoms with E-state index in [1.807, 2.05) is 0 Å². The fraction of sp³-hybridized carbons (Fsp3) is 0.391. The lowest BCUT2D eigenvalue weighted by atomic mass is 9.81. The summed E-state index contributed by atoms with van der Waals surface area (Å²) < 4.78 is 58.3. The Labute approximate surface area is 211 Å². The normalized spacial score (nSPS) is 19.2. The predicted molar refractivity (Wildman–Crippen MR) is 126 cm³/mol. The van der Waals surface area contributed by atoms with Gasteiger partial charge in [-0.25, -0.2) is 14.3 Å². The number of aliphatic hydroxyl groups is 1. The summed E-state index contributed by atoms with van der Waals surface area (Å²) in [5.41, 5.74) is -1.58. The molecule has 3 N–H and O–H groups in total. The molecule has 3 heterocycles. The van der Waals surface area contributed by atoms with E-state index in [-0.39, 0.29) is 36.5 Å². The Kier molecular flexibility index (Phi) is 7.24. The minimum absolute atomic E-state index is 0.0514. The number of nitrogens with one attached hydrogen (secondary N) is 2. The summed E-state index contributed by atoms with van der Waals surface area (Å²) in [5.74, 6) is -1.37. The second-order valence-corrected chi connectivity index (χ2v) is 9.91. The summed E-state index contributed by atoms with van der Waals surface area (Å²) in [6.07, 6.45) is -6.29. The van der Waals surface area contributed by atoms with Crippen LogP contribution in [0.4, 0.5) is 17.6 Å². The number of halogens is 4. The molecule has 1 aliphatic rings. The van der Waals surface area contributed by atoms with Crippen molar-refractivity contribution in [1.82, 2.24) is 25.5 Å². The first-order valence-electron chi connectivity index (χ1n) is 11.2. The number of H-pyrrole nitrogens is 1. The average molecular weight is 542 g/mol. The number of carbonyl (C=O) groups excluding carboxylic acids is 1. The third-order valence-corrected chi connectivity index (χ3v) is 7.16. The largest absolute Gasteiger partial charge is 0.493 e. The molecule has 9 nitrogen and oxygen atoms in total. The lowest BCUT2D eigenvalue weighted by molar-refractivity contribution is -0.136. The van der Waals surface area contributed by atoms with E-state index < -0.39 is 41.7 Å². The van der Waals surface area contributed by atoms with Gasteiger partial charge in [-0.15, -0.1) is 11.3 Å². The van der Waals surface area contributed by atoms with Crippen molar-refractivity contribution in [3.63, 3.8) is 0 Å². The number of amides is 1. The molecule has 3 aromatic rings. The first-order valence-corrected chi connectivity index (χ1v) is 12.0. The molecule has 1 amide bonds. The number of thiophene rings is 1. The van der Waals surface area contributed by atoms with Gasteiger partial charge in [0.05, 0.1) is 18.2 Å². The number of benzene rings is 1. The van der Waals surface area contributed by atoms with Gasteiger partial charge in [-0.3, -0.25) is 4.79 Å². The molecule has 0 fully saturated rings. The van der Waals surface area contributed by atoms with E-state index in [2.05, 4.69) is 20.8 Å². The summed E-state index contributed by atoms with van der Waals surface area (Å²) >= 11 is 1.22. The van der Waals surface area contributed by atoms with Crippen LogP contribution in [0.25, 0.3) is 11.3 Å². The Morgan fingerprint density at radius 1 is 1.27 bits per heavy atom. The third kappa shape index (κ3) is 5.74. The van der Waals surface area contributed by atoms with Crippen LogP contribution in [0, 0.1) is 5.82 Å². The van der Waals surface area contributed by atoms with E-state index in [1.165, 1.54) is 23.5 Å². The number of aliphatic hydroxyl groups excluding tert-OH is 1. The number of tetrazole rings is 1. The summed E-state index contributed by atoms with van der Waals surface area (Å²) in [4.78, 5) is 26.7. The zero-order valence-corrected chi connectivity index (χ0v) is 20.5. The number of ether oxygens (including phenoxy) is 1. The van der Waals surface area contributed by atoms with Crippen molar-refractivity contribution in [1.29, 1.82) is 0 Å². The monoisotopic (exact) mass is 541 g/mol. The van der Waals surface area contributed by atoms with Gasteiger partial charge in [0, 0.05) is 39.8 Å². The minimum atomic E-state index is -4.30. The molecule has 0 aliphatic carbocycles. The van der Waals surface area contributed by atoms with Crippen LogP contribution in [0.1, 0.15) is 54.5 Å². The Bertz CT molecular complexity index is 1390. The van der Waals surface area contributed by atoms with Crippen LogP contribution >= 0.6 is 11.3 Å². The highest BCUT2D eigenvalue weighted by Crippen LogP contribution is 2.43. The number of hydrogen-bond donors (Lipinski definition) is 3. The molecule has 37 heavy (non-hydrogen) atoms. The highest BCUT2D eigenvalue weighted by molar-refractivity contribution is 7.13. The Balaban J connectivity index is 1.67. The number of nitrogens with zero attached hydrogens (tertiary/aromatic N) is 3. The van der Waals surface area contributed by atoms with Crippen molar-refractivity contribution in [2.45, 2.75) is 50.9 Å². The molecule has 1 aromatic carbocycles. The quantitative estimate of drug-likeness (QED) is 0.295. The van der Waals surface area contributed by atoms with Crippen LogP contribution < -0.4 is 15.7 Å². The Hall–Kier alpha value is -3.52. The Morgan fingerprint density at radius 2 is 2.03 bits per heavy atom. The molecule has 1 aliphatic heterocycles. The van der Waals surface area contributed by atoms with E-state index in [0.717, 1.165) is 10.7 Å². The van der Waals surface area contributed by atoms with E-state index in [0.29, 0.717) is 15.3 Å². The van der Waals surface area contributed by atoms with Crippen LogP contribution in [0.2, 0.25) is 0 Å². The van der Waals surface area contributed by atoms with Crippen LogP contribution in [0.3, 0.4) is 0 Å². The van der Waals surface area contributed by atoms with Crippen LogP contribution in [0.15, 0.2) is 35.1 Å². The fourth-order valence-corrected chi connectivity index (χ4v) is 5.09. The number of carbonyl (C=O) groups is 1. The maximum atomic E-state index is 15.2. The van der Waals surface area contributed by atoms with Gasteiger partial charge in [-0.1, -0.05) is 6.07 Å². The molecule has 0 saturated carbocycles. The lowest BCUT2D eigenvalue weighted by Crippen LogP contribution is -2.49. The van der Waals surface area contributed by atoms with Gasteiger partial charge < -0.3 is 15.2 Å².